The number of rotatable bonds is 10. The zero-order valence-electron chi connectivity index (χ0n) is 23.3. The Kier molecular flexibility index (Phi) is 9.22. The summed E-state index contributed by atoms with van der Waals surface area (Å²) >= 11 is 4.62. The molecule has 0 amide bonds. The van der Waals surface area contributed by atoms with Crippen LogP contribution in [0, 0.1) is 0 Å². The van der Waals surface area contributed by atoms with Crippen molar-refractivity contribution in [2.75, 3.05) is 19.8 Å². The number of aromatic nitrogens is 1. The monoisotopic (exact) mass is 662 g/mol. The second-order valence-corrected chi connectivity index (χ2v) is 11.2. The van der Waals surface area contributed by atoms with E-state index < -0.39 is 24.6 Å². The number of halogens is 1. The molecule has 11 heteroatoms. The molecule has 0 unspecified atom stereocenters. The lowest BCUT2D eigenvalue weighted by molar-refractivity contribution is -0.140. The van der Waals surface area contributed by atoms with E-state index in [2.05, 4.69) is 15.9 Å². The molecule has 2 heterocycles. The van der Waals surface area contributed by atoms with Crippen LogP contribution in [0.25, 0.3) is 11.8 Å². The SMILES string of the molecule is CCOC(=O)C1=C(c2ccccc2)N=c2s/c(=C\c3ccc(OCC(=O)O)c(Br)c3)c(=O)n2[C@@H]1c1ccc(OCC)cc1. The van der Waals surface area contributed by atoms with E-state index in [1.807, 2.05) is 61.5 Å². The topological polar surface area (TPSA) is 116 Å². The molecule has 4 aromatic rings. The molecule has 1 atom stereocenters. The molecule has 1 aliphatic heterocycles. The van der Waals surface area contributed by atoms with Crippen molar-refractivity contribution >= 4 is 51.0 Å². The lowest BCUT2D eigenvalue weighted by atomic mass is 9.93. The van der Waals surface area contributed by atoms with Crippen LogP contribution < -0.4 is 24.4 Å². The van der Waals surface area contributed by atoms with Gasteiger partial charge >= 0.3 is 11.9 Å². The summed E-state index contributed by atoms with van der Waals surface area (Å²) in [5.41, 5.74) is 2.49. The molecule has 0 aliphatic carbocycles. The third-order valence-electron chi connectivity index (χ3n) is 6.49. The summed E-state index contributed by atoms with van der Waals surface area (Å²) in [5.74, 6) is -0.608. The fraction of sp³-hybridized carbons (Fsp3) is 0.188. The third kappa shape index (κ3) is 6.47. The third-order valence-corrected chi connectivity index (χ3v) is 8.09. The zero-order chi connectivity index (χ0) is 30.5. The van der Waals surface area contributed by atoms with Gasteiger partial charge in [-0.15, -0.1) is 0 Å². The molecule has 5 rings (SSSR count). The van der Waals surface area contributed by atoms with Crippen LogP contribution >= 0.6 is 27.3 Å². The summed E-state index contributed by atoms with van der Waals surface area (Å²) in [6, 6.07) is 20.9. The standard InChI is InChI=1S/C32H27BrN2O7S/c1-3-40-22-13-11-21(12-14-22)29-27(31(39)41-4-2)28(20-8-6-5-7-9-20)34-32-35(29)30(38)25(43-32)17-19-10-15-24(23(33)16-19)42-18-26(36)37/h5-17,29H,3-4,18H2,1-2H3,(H,36,37)/b25-17-/t29-/m1/s1. The van der Waals surface area contributed by atoms with Gasteiger partial charge in [-0.05, 0) is 71.2 Å². The van der Waals surface area contributed by atoms with Gasteiger partial charge in [-0.3, -0.25) is 9.36 Å². The number of esters is 1. The molecule has 1 aromatic heterocycles. The highest BCUT2D eigenvalue weighted by Gasteiger charge is 2.35. The van der Waals surface area contributed by atoms with Crippen molar-refractivity contribution < 1.29 is 28.9 Å². The van der Waals surface area contributed by atoms with Crippen LogP contribution in [0.4, 0.5) is 0 Å². The number of fused-ring (bicyclic) bond motifs is 1. The fourth-order valence-electron chi connectivity index (χ4n) is 4.68. The predicted molar refractivity (Wildman–Crippen MR) is 166 cm³/mol. The van der Waals surface area contributed by atoms with Crippen LogP contribution in [0.15, 0.2) is 92.6 Å². The first-order chi connectivity index (χ1) is 20.8. The maximum Gasteiger partial charge on any atom is 0.341 e. The number of carboxylic acids is 1. The fourth-order valence-corrected chi connectivity index (χ4v) is 6.20. The van der Waals surface area contributed by atoms with Crippen LogP contribution in [0.2, 0.25) is 0 Å². The molecule has 0 bridgehead atoms. The van der Waals surface area contributed by atoms with Crippen molar-refractivity contribution in [1.29, 1.82) is 0 Å². The molecule has 1 N–H and O–H groups in total. The molecule has 0 radical (unpaired) electrons. The first-order valence-corrected chi connectivity index (χ1v) is 15.1. The van der Waals surface area contributed by atoms with E-state index in [9.17, 15) is 14.4 Å². The minimum absolute atomic E-state index is 0.159. The van der Waals surface area contributed by atoms with Crippen molar-refractivity contribution in [3.63, 3.8) is 0 Å². The Hall–Kier alpha value is -4.48. The number of aliphatic carboxylic acids is 1. The van der Waals surface area contributed by atoms with Crippen molar-refractivity contribution in [1.82, 2.24) is 4.57 Å². The van der Waals surface area contributed by atoms with E-state index in [1.54, 1.807) is 31.2 Å². The number of hydrogen-bond acceptors (Lipinski definition) is 8. The summed E-state index contributed by atoms with van der Waals surface area (Å²) in [7, 11) is 0. The second-order valence-electron chi connectivity index (χ2n) is 9.31. The van der Waals surface area contributed by atoms with Gasteiger partial charge in [-0.25, -0.2) is 14.6 Å². The Labute approximate surface area is 259 Å². The van der Waals surface area contributed by atoms with E-state index in [0.717, 1.165) is 5.56 Å². The van der Waals surface area contributed by atoms with Gasteiger partial charge in [0.25, 0.3) is 5.56 Å². The normalized spacial score (nSPS) is 14.6. The molecule has 220 valence electrons. The van der Waals surface area contributed by atoms with Crippen LogP contribution in [0.3, 0.4) is 0 Å². The number of nitrogens with zero attached hydrogens (tertiary/aromatic N) is 2. The number of carboxylic acid groups (broad SMARTS) is 1. The smallest absolute Gasteiger partial charge is 0.341 e. The number of ether oxygens (including phenoxy) is 3. The van der Waals surface area contributed by atoms with E-state index in [0.29, 0.717) is 48.7 Å². The Morgan fingerprint density at radius 2 is 1.77 bits per heavy atom. The second kappa shape index (κ2) is 13.2. The maximum absolute atomic E-state index is 14.1. The van der Waals surface area contributed by atoms with E-state index in [4.69, 9.17) is 24.3 Å². The van der Waals surface area contributed by atoms with Gasteiger partial charge in [0.2, 0.25) is 0 Å². The summed E-state index contributed by atoms with van der Waals surface area (Å²) in [6.07, 6.45) is 1.72. The number of hydrogen-bond donors (Lipinski definition) is 1. The molecule has 3 aromatic carbocycles. The molecule has 0 fully saturated rings. The summed E-state index contributed by atoms with van der Waals surface area (Å²) < 4.78 is 18.9. The minimum atomic E-state index is -1.09. The highest BCUT2D eigenvalue weighted by molar-refractivity contribution is 9.10. The Morgan fingerprint density at radius 1 is 1.02 bits per heavy atom. The molecule has 1 aliphatic rings. The van der Waals surface area contributed by atoms with Gasteiger partial charge in [-0.1, -0.05) is 59.9 Å². The number of carbonyl (C=O) groups is 2. The first kappa shape index (κ1) is 30.0. The van der Waals surface area contributed by atoms with Gasteiger partial charge < -0.3 is 19.3 Å². The van der Waals surface area contributed by atoms with Crippen molar-refractivity contribution in [3.8, 4) is 11.5 Å². The largest absolute Gasteiger partial charge is 0.494 e. The highest BCUT2D eigenvalue weighted by Crippen LogP contribution is 2.35. The molecule has 0 saturated heterocycles. The quantitative estimate of drug-likeness (QED) is 0.248. The summed E-state index contributed by atoms with van der Waals surface area (Å²) in [6.45, 7) is 3.82. The minimum Gasteiger partial charge on any atom is -0.494 e. The first-order valence-electron chi connectivity index (χ1n) is 13.5. The van der Waals surface area contributed by atoms with E-state index in [-0.39, 0.29) is 17.7 Å². The average Bonchev–Trinajstić information content (AvgIpc) is 3.31. The number of carbonyl (C=O) groups excluding carboxylic acids is 1. The molecular weight excluding hydrogens is 636 g/mol. The highest BCUT2D eigenvalue weighted by atomic mass is 79.9. The molecule has 0 spiro atoms. The van der Waals surface area contributed by atoms with Gasteiger partial charge in [0.05, 0.1) is 39.5 Å². The number of benzene rings is 3. The van der Waals surface area contributed by atoms with Crippen LogP contribution in [-0.4, -0.2) is 41.4 Å². The van der Waals surface area contributed by atoms with Crippen molar-refractivity contribution in [3.05, 3.63) is 119 Å². The van der Waals surface area contributed by atoms with E-state index >= 15 is 0 Å². The molecular formula is C32H27BrN2O7S. The predicted octanol–water partition coefficient (Wildman–Crippen LogP) is 4.56. The summed E-state index contributed by atoms with van der Waals surface area (Å²) in [4.78, 5) is 43.8. The molecule has 0 saturated carbocycles. The molecule has 43 heavy (non-hydrogen) atoms. The van der Waals surface area contributed by atoms with Gasteiger partial charge in [0.15, 0.2) is 11.4 Å². The summed E-state index contributed by atoms with van der Waals surface area (Å²) in [5, 5.41) is 8.91. The lowest BCUT2D eigenvalue weighted by Gasteiger charge is -2.26. The van der Waals surface area contributed by atoms with Gasteiger partial charge in [-0.2, -0.15) is 0 Å². The van der Waals surface area contributed by atoms with Gasteiger partial charge in [0, 0.05) is 5.56 Å². The van der Waals surface area contributed by atoms with Crippen LogP contribution in [0.1, 0.15) is 36.6 Å². The van der Waals surface area contributed by atoms with Crippen LogP contribution in [-0.2, 0) is 14.3 Å². The molecule has 9 nitrogen and oxygen atoms in total. The Morgan fingerprint density at radius 3 is 2.42 bits per heavy atom. The van der Waals surface area contributed by atoms with Crippen molar-refractivity contribution in [2.24, 2.45) is 4.99 Å². The van der Waals surface area contributed by atoms with Gasteiger partial charge in [0.1, 0.15) is 11.5 Å². The Balaban J connectivity index is 1.71. The number of thiazole rings is 1. The maximum atomic E-state index is 14.1. The lowest BCUT2D eigenvalue weighted by Crippen LogP contribution is -2.40. The average molecular weight is 664 g/mol. The Bertz CT molecular complexity index is 1880. The van der Waals surface area contributed by atoms with Crippen molar-refractivity contribution in [2.45, 2.75) is 19.9 Å². The zero-order valence-corrected chi connectivity index (χ0v) is 25.7. The van der Waals surface area contributed by atoms with Crippen LogP contribution in [0.5, 0.6) is 11.5 Å². The van der Waals surface area contributed by atoms with E-state index in [1.165, 1.54) is 15.9 Å².